The van der Waals surface area contributed by atoms with Crippen molar-refractivity contribution in [3.8, 4) is 0 Å². The molecule has 4 rings (SSSR count). The molecular formula is C26H35NO6S. The minimum Gasteiger partial charge on any atom is -0.464 e. The summed E-state index contributed by atoms with van der Waals surface area (Å²) >= 11 is 0. The number of furan rings is 1. The molecule has 2 heterocycles. The third kappa shape index (κ3) is 5.48. The molecule has 2 aliphatic rings. The Kier molecular flexibility index (Phi) is 7.36. The molecule has 1 atom stereocenters. The fourth-order valence-electron chi connectivity index (χ4n) is 5.49. The zero-order valence-corrected chi connectivity index (χ0v) is 21.2. The average molecular weight is 490 g/mol. The molecule has 1 aromatic carbocycles. The molecule has 1 aliphatic carbocycles. The minimum atomic E-state index is -3.12. The third-order valence-corrected chi connectivity index (χ3v) is 8.96. The van der Waals surface area contributed by atoms with Crippen LogP contribution in [0.25, 0.3) is 11.0 Å². The smallest absolute Gasteiger partial charge is 0.310 e. The highest BCUT2D eigenvalue weighted by Crippen LogP contribution is 2.30. The molecule has 1 saturated carbocycles. The topological polar surface area (TPSA) is 93.9 Å². The molecule has 7 nitrogen and oxygen atoms in total. The second-order valence-corrected chi connectivity index (χ2v) is 12.3. The molecule has 2 fully saturated rings. The SMILES string of the molecule is Cc1cc2occ(CC(=O)OCC(=O)N(C3CCCCC3)C3CCS(=O)(=O)C3)c2cc1C(C)C. The van der Waals surface area contributed by atoms with Gasteiger partial charge in [0, 0.05) is 23.0 Å². The molecule has 1 aromatic heterocycles. The zero-order valence-electron chi connectivity index (χ0n) is 20.3. The molecule has 34 heavy (non-hydrogen) atoms. The highest BCUT2D eigenvalue weighted by Gasteiger charge is 2.38. The first-order valence-electron chi connectivity index (χ1n) is 12.3. The van der Waals surface area contributed by atoms with E-state index in [1.165, 1.54) is 5.56 Å². The van der Waals surface area contributed by atoms with E-state index in [0.29, 0.717) is 12.3 Å². The Labute approximate surface area is 201 Å². The number of fused-ring (bicyclic) bond motifs is 1. The van der Waals surface area contributed by atoms with Crippen LogP contribution in [0.2, 0.25) is 0 Å². The van der Waals surface area contributed by atoms with Crippen molar-refractivity contribution < 1.29 is 27.2 Å². The van der Waals surface area contributed by atoms with Gasteiger partial charge in [0.25, 0.3) is 5.91 Å². The first-order valence-corrected chi connectivity index (χ1v) is 14.1. The Morgan fingerprint density at radius 1 is 1.12 bits per heavy atom. The average Bonchev–Trinajstić information content (AvgIpc) is 3.34. The number of nitrogens with zero attached hydrogens (tertiary/aromatic N) is 1. The van der Waals surface area contributed by atoms with Crippen molar-refractivity contribution in [2.45, 2.75) is 83.7 Å². The van der Waals surface area contributed by atoms with E-state index in [1.54, 1.807) is 11.2 Å². The number of aryl methyl sites for hydroxylation is 1. The number of hydrogen-bond acceptors (Lipinski definition) is 6. The maximum absolute atomic E-state index is 13.2. The van der Waals surface area contributed by atoms with Gasteiger partial charge in [0.15, 0.2) is 16.4 Å². The van der Waals surface area contributed by atoms with Gasteiger partial charge >= 0.3 is 5.97 Å². The zero-order chi connectivity index (χ0) is 24.5. The van der Waals surface area contributed by atoms with Crippen LogP contribution < -0.4 is 0 Å². The van der Waals surface area contributed by atoms with Crippen LogP contribution in [0.1, 0.15) is 75.0 Å². The van der Waals surface area contributed by atoms with Crippen LogP contribution in [-0.4, -0.2) is 55.4 Å². The fraction of sp³-hybridized carbons (Fsp3) is 0.615. The molecule has 186 valence electrons. The lowest BCUT2D eigenvalue weighted by atomic mass is 9.93. The van der Waals surface area contributed by atoms with Crippen molar-refractivity contribution >= 4 is 32.7 Å². The van der Waals surface area contributed by atoms with Crippen molar-refractivity contribution in [1.29, 1.82) is 0 Å². The van der Waals surface area contributed by atoms with E-state index in [0.717, 1.165) is 54.2 Å². The lowest BCUT2D eigenvalue weighted by Crippen LogP contribution is -2.50. The summed E-state index contributed by atoms with van der Waals surface area (Å²) < 4.78 is 35.2. The van der Waals surface area contributed by atoms with Crippen LogP contribution in [0.3, 0.4) is 0 Å². The molecule has 1 amide bonds. The maximum atomic E-state index is 13.2. The van der Waals surface area contributed by atoms with Crippen LogP contribution in [-0.2, 0) is 30.6 Å². The van der Waals surface area contributed by atoms with Gasteiger partial charge in [-0.3, -0.25) is 9.59 Å². The molecule has 0 radical (unpaired) electrons. The van der Waals surface area contributed by atoms with Crippen molar-refractivity contribution in [3.05, 3.63) is 35.1 Å². The number of ether oxygens (including phenoxy) is 1. The maximum Gasteiger partial charge on any atom is 0.310 e. The van der Waals surface area contributed by atoms with Crippen LogP contribution in [0.15, 0.2) is 22.8 Å². The van der Waals surface area contributed by atoms with Crippen molar-refractivity contribution in [1.82, 2.24) is 4.90 Å². The van der Waals surface area contributed by atoms with E-state index in [9.17, 15) is 18.0 Å². The quantitative estimate of drug-likeness (QED) is 0.539. The Hall–Kier alpha value is -2.35. The fourth-order valence-corrected chi connectivity index (χ4v) is 7.20. The number of esters is 1. The van der Waals surface area contributed by atoms with E-state index in [-0.39, 0.29) is 42.5 Å². The second-order valence-electron chi connectivity index (χ2n) is 10.1. The van der Waals surface area contributed by atoms with Gasteiger partial charge in [0.05, 0.1) is 24.2 Å². The van der Waals surface area contributed by atoms with Crippen molar-refractivity contribution in [2.75, 3.05) is 18.1 Å². The number of carbonyl (C=O) groups excluding carboxylic acids is 2. The lowest BCUT2D eigenvalue weighted by Gasteiger charge is -2.38. The molecule has 0 N–H and O–H groups in total. The number of hydrogen-bond donors (Lipinski definition) is 0. The monoisotopic (exact) mass is 489 g/mol. The number of benzene rings is 1. The summed E-state index contributed by atoms with van der Waals surface area (Å²) in [7, 11) is -3.12. The highest BCUT2D eigenvalue weighted by atomic mass is 32.2. The van der Waals surface area contributed by atoms with E-state index >= 15 is 0 Å². The van der Waals surface area contributed by atoms with E-state index in [2.05, 4.69) is 19.9 Å². The molecule has 0 bridgehead atoms. The Balaban J connectivity index is 1.43. The molecule has 2 aromatic rings. The summed E-state index contributed by atoms with van der Waals surface area (Å²) in [6.45, 7) is 5.94. The predicted molar refractivity (Wildman–Crippen MR) is 130 cm³/mol. The van der Waals surface area contributed by atoms with Gasteiger partial charge < -0.3 is 14.1 Å². The Morgan fingerprint density at radius 3 is 2.50 bits per heavy atom. The van der Waals surface area contributed by atoms with Crippen molar-refractivity contribution in [3.63, 3.8) is 0 Å². The van der Waals surface area contributed by atoms with Gasteiger partial charge in [0.1, 0.15) is 5.58 Å². The molecule has 1 unspecified atom stereocenters. The Morgan fingerprint density at radius 2 is 1.85 bits per heavy atom. The van der Waals surface area contributed by atoms with E-state index < -0.39 is 15.8 Å². The van der Waals surface area contributed by atoms with Gasteiger partial charge in [-0.25, -0.2) is 8.42 Å². The normalized spacial score (nSPS) is 20.6. The summed E-state index contributed by atoms with van der Waals surface area (Å²) in [5.41, 5.74) is 3.81. The summed E-state index contributed by atoms with van der Waals surface area (Å²) in [6, 6.07) is 3.75. The number of sulfone groups is 1. The van der Waals surface area contributed by atoms with Crippen molar-refractivity contribution in [2.24, 2.45) is 0 Å². The summed E-state index contributed by atoms with van der Waals surface area (Å²) in [5, 5.41) is 0.887. The van der Waals surface area contributed by atoms with Gasteiger partial charge in [-0.15, -0.1) is 0 Å². The number of amides is 1. The van der Waals surface area contributed by atoms with E-state index in [4.69, 9.17) is 9.15 Å². The van der Waals surface area contributed by atoms with Crippen LogP contribution in [0.5, 0.6) is 0 Å². The first kappa shape index (κ1) is 24.8. The van der Waals surface area contributed by atoms with Gasteiger partial charge in [-0.05, 0) is 55.4 Å². The van der Waals surface area contributed by atoms with Crippen LogP contribution in [0, 0.1) is 6.92 Å². The Bertz CT molecular complexity index is 1160. The van der Waals surface area contributed by atoms with Gasteiger partial charge in [0.2, 0.25) is 0 Å². The summed E-state index contributed by atoms with van der Waals surface area (Å²) in [6.07, 6.45) is 6.98. The summed E-state index contributed by atoms with van der Waals surface area (Å²) in [5.74, 6) is -0.328. The predicted octanol–water partition coefficient (Wildman–Crippen LogP) is 4.30. The van der Waals surface area contributed by atoms with Crippen LogP contribution >= 0.6 is 0 Å². The second kappa shape index (κ2) is 10.1. The molecule has 1 saturated heterocycles. The third-order valence-electron chi connectivity index (χ3n) is 7.21. The molecule has 8 heteroatoms. The van der Waals surface area contributed by atoms with Crippen LogP contribution in [0.4, 0.5) is 0 Å². The van der Waals surface area contributed by atoms with Gasteiger partial charge in [-0.1, -0.05) is 33.1 Å². The minimum absolute atomic E-state index is 0.00178. The molecule has 0 spiro atoms. The summed E-state index contributed by atoms with van der Waals surface area (Å²) in [4.78, 5) is 27.5. The van der Waals surface area contributed by atoms with Gasteiger partial charge in [-0.2, -0.15) is 0 Å². The number of carbonyl (C=O) groups is 2. The lowest BCUT2D eigenvalue weighted by molar-refractivity contribution is -0.154. The standard InChI is InChI=1S/C26H35NO6S/c1-17(2)22-13-23-19(14-32-24(23)11-18(22)3)12-26(29)33-15-25(28)27(20-7-5-4-6-8-20)21-9-10-34(30,31)16-21/h11,13-14,17,20-21H,4-10,12,15-16H2,1-3H3. The molecule has 1 aliphatic heterocycles. The number of rotatable bonds is 7. The van der Waals surface area contributed by atoms with E-state index in [1.807, 2.05) is 13.0 Å². The molecular weight excluding hydrogens is 454 g/mol. The highest BCUT2D eigenvalue weighted by molar-refractivity contribution is 7.91. The first-order chi connectivity index (χ1) is 16.1. The largest absolute Gasteiger partial charge is 0.464 e.